The normalized spacial score (nSPS) is 10.1. The highest BCUT2D eigenvalue weighted by Gasteiger charge is 2.10. The Labute approximate surface area is 83.4 Å². The zero-order chi connectivity index (χ0) is 9.97. The van der Waals surface area contributed by atoms with Crippen molar-refractivity contribution in [1.29, 1.82) is 0 Å². The summed E-state index contributed by atoms with van der Waals surface area (Å²) >= 11 is 1.41. The number of hydrogen-bond donors (Lipinski definition) is 2. The van der Waals surface area contributed by atoms with Gasteiger partial charge in [-0.3, -0.25) is 10.1 Å². The highest BCUT2D eigenvalue weighted by atomic mass is 32.1. The molecule has 0 aliphatic carbocycles. The molecule has 0 saturated carbocycles. The monoisotopic (exact) mass is 209 g/mol. The first kappa shape index (κ1) is 8.82. The van der Waals surface area contributed by atoms with Crippen molar-refractivity contribution < 1.29 is 4.79 Å². The fraction of sp³-hybridized carbons (Fsp3) is 0.143. The predicted molar refractivity (Wildman–Crippen MR) is 51.2 cm³/mol. The fourth-order valence-electron chi connectivity index (χ4n) is 0.885. The molecule has 2 aromatic rings. The van der Waals surface area contributed by atoms with E-state index in [0.29, 0.717) is 5.13 Å². The summed E-state index contributed by atoms with van der Waals surface area (Å²) in [6, 6.07) is 0. The van der Waals surface area contributed by atoms with E-state index in [2.05, 4.69) is 25.7 Å². The third-order valence-electron chi connectivity index (χ3n) is 1.49. The molecule has 72 valence electrons. The molecule has 0 aliphatic rings. The van der Waals surface area contributed by atoms with Crippen molar-refractivity contribution in [2.45, 2.75) is 6.92 Å². The molecule has 0 aliphatic heterocycles. The molecule has 2 heterocycles. The molecule has 1 amide bonds. The van der Waals surface area contributed by atoms with Crippen molar-refractivity contribution in [1.82, 2.24) is 20.4 Å². The number of carbonyl (C=O) groups excluding carboxylic acids is 1. The first-order valence-electron chi connectivity index (χ1n) is 3.85. The van der Waals surface area contributed by atoms with Gasteiger partial charge in [0.2, 0.25) is 0 Å². The van der Waals surface area contributed by atoms with Crippen LogP contribution >= 0.6 is 11.3 Å². The zero-order valence-electron chi connectivity index (χ0n) is 7.31. The van der Waals surface area contributed by atoms with Gasteiger partial charge in [0.25, 0.3) is 5.91 Å². The van der Waals surface area contributed by atoms with Crippen LogP contribution in [0.3, 0.4) is 0 Å². The molecule has 2 aromatic heterocycles. The Hall–Kier alpha value is -1.76. The van der Waals surface area contributed by atoms with Crippen molar-refractivity contribution in [2.24, 2.45) is 0 Å². The quantitative estimate of drug-likeness (QED) is 0.767. The van der Waals surface area contributed by atoms with Crippen LogP contribution in [-0.2, 0) is 0 Å². The number of thiazole rings is 1. The van der Waals surface area contributed by atoms with Gasteiger partial charge in [-0.25, -0.2) is 4.98 Å². The van der Waals surface area contributed by atoms with Gasteiger partial charge in [0, 0.05) is 11.1 Å². The molecule has 14 heavy (non-hydrogen) atoms. The third kappa shape index (κ3) is 1.77. The smallest absolute Gasteiger partial charge is 0.279 e. The van der Waals surface area contributed by atoms with Crippen LogP contribution in [-0.4, -0.2) is 26.3 Å². The molecule has 0 atom stereocenters. The molecular formula is C7H7N5OS. The third-order valence-corrected chi connectivity index (χ3v) is 2.32. The van der Waals surface area contributed by atoms with Crippen molar-refractivity contribution >= 4 is 22.4 Å². The van der Waals surface area contributed by atoms with Gasteiger partial charge < -0.3 is 0 Å². The van der Waals surface area contributed by atoms with Gasteiger partial charge in [-0.15, -0.1) is 11.3 Å². The second-order valence-corrected chi connectivity index (χ2v) is 3.82. The summed E-state index contributed by atoms with van der Waals surface area (Å²) in [4.78, 5) is 16.5. The number of H-pyrrole nitrogens is 1. The standard InChI is InChI=1S/C7H7N5OS/c1-4-2-8-7(14-4)10-6(13)5-3-9-12-11-5/h2-3H,1H3,(H,8,10,13)(H,9,11,12). The second kappa shape index (κ2) is 3.54. The number of nitrogens with one attached hydrogen (secondary N) is 2. The molecule has 0 saturated heterocycles. The summed E-state index contributed by atoms with van der Waals surface area (Å²) in [5, 5.41) is 12.7. The molecule has 7 heteroatoms. The molecule has 0 radical (unpaired) electrons. The molecular weight excluding hydrogens is 202 g/mol. The van der Waals surface area contributed by atoms with Gasteiger partial charge in [-0.1, -0.05) is 0 Å². The van der Waals surface area contributed by atoms with E-state index < -0.39 is 0 Å². The van der Waals surface area contributed by atoms with E-state index in [9.17, 15) is 4.79 Å². The minimum atomic E-state index is -0.312. The van der Waals surface area contributed by atoms with Crippen LogP contribution in [0, 0.1) is 6.92 Å². The lowest BCUT2D eigenvalue weighted by molar-refractivity contribution is 0.102. The van der Waals surface area contributed by atoms with Crippen LogP contribution in [0.25, 0.3) is 0 Å². The van der Waals surface area contributed by atoms with Crippen molar-refractivity contribution in [2.75, 3.05) is 5.32 Å². The average molecular weight is 209 g/mol. The van der Waals surface area contributed by atoms with Gasteiger partial charge in [-0.05, 0) is 6.92 Å². The maximum atomic E-state index is 11.4. The van der Waals surface area contributed by atoms with Gasteiger partial charge in [0.15, 0.2) is 10.8 Å². The summed E-state index contributed by atoms with van der Waals surface area (Å²) in [6.45, 7) is 1.92. The van der Waals surface area contributed by atoms with E-state index in [1.54, 1.807) is 6.20 Å². The Bertz CT molecular complexity index is 435. The van der Waals surface area contributed by atoms with Gasteiger partial charge in [-0.2, -0.15) is 15.4 Å². The maximum absolute atomic E-state index is 11.4. The fourth-order valence-corrected chi connectivity index (χ4v) is 1.54. The van der Waals surface area contributed by atoms with Crippen LogP contribution < -0.4 is 5.32 Å². The van der Waals surface area contributed by atoms with E-state index >= 15 is 0 Å². The number of amides is 1. The summed E-state index contributed by atoms with van der Waals surface area (Å²) in [7, 11) is 0. The Morgan fingerprint density at radius 3 is 3.00 bits per heavy atom. The van der Waals surface area contributed by atoms with Gasteiger partial charge >= 0.3 is 0 Å². The topological polar surface area (TPSA) is 83.6 Å². The Balaban J connectivity index is 2.09. The van der Waals surface area contributed by atoms with Crippen molar-refractivity contribution in [3.05, 3.63) is 23.0 Å². The van der Waals surface area contributed by atoms with Gasteiger partial charge in [0.1, 0.15) is 0 Å². The highest BCUT2D eigenvalue weighted by Crippen LogP contribution is 2.16. The Morgan fingerprint density at radius 2 is 2.43 bits per heavy atom. The van der Waals surface area contributed by atoms with Crippen LogP contribution in [0.15, 0.2) is 12.4 Å². The number of anilines is 1. The highest BCUT2D eigenvalue weighted by molar-refractivity contribution is 7.15. The van der Waals surface area contributed by atoms with E-state index in [0.717, 1.165) is 4.88 Å². The number of rotatable bonds is 2. The van der Waals surface area contributed by atoms with Crippen LogP contribution in [0.2, 0.25) is 0 Å². The molecule has 0 aromatic carbocycles. The van der Waals surface area contributed by atoms with E-state index in [4.69, 9.17) is 0 Å². The predicted octanol–water partition coefficient (Wildman–Crippen LogP) is 0.822. The average Bonchev–Trinajstić information content (AvgIpc) is 2.75. The molecule has 0 fully saturated rings. The minimum absolute atomic E-state index is 0.248. The minimum Gasteiger partial charge on any atom is -0.296 e. The lowest BCUT2D eigenvalue weighted by Crippen LogP contribution is -2.11. The number of carbonyl (C=O) groups is 1. The van der Waals surface area contributed by atoms with Gasteiger partial charge in [0.05, 0.1) is 6.20 Å². The Morgan fingerprint density at radius 1 is 1.57 bits per heavy atom. The number of nitrogens with zero attached hydrogens (tertiary/aromatic N) is 3. The zero-order valence-corrected chi connectivity index (χ0v) is 8.13. The molecule has 0 spiro atoms. The molecule has 2 rings (SSSR count). The molecule has 0 unspecified atom stereocenters. The largest absolute Gasteiger partial charge is 0.296 e. The lowest BCUT2D eigenvalue weighted by atomic mass is 10.4. The SMILES string of the molecule is Cc1cnc(NC(=O)c2cn[nH]n2)s1. The van der Waals surface area contributed by atoms with Crippen LogP contribution in [0.4, 0.5) is 5.13 Å². The maximum Gasteiger partial charge on any atom is 0.279 e. The van der Waals surface area contributed by atoms with Crippen LogP contribution in [0.1, 0.15) is 15.4 Å². The molecule has 6 nitrogen and oxygen atoms in total. The summed E-state index contributed by atoms with van der Waals surface area (Å²) in [6.07, 6.45) is 3.05. The lowest BCUT2D eigenvalue weighted by Gasteiger charge is -1.95. The summed E-state index contributed by atoms with van der Waals surface area (Å²) in [5.74, 6) is -0.312. The van der Waals surface area contributed by atoms with Crippen molar-refractivity contribution in [3.8, 4) is 0 Å². The number of aromatic amines is 1. The molecule has 0 bridgehead atoms. The first-order valence-corrected chi connectivity index (χ1v) is 4.67. The number of aromatic nitrogens is 4. The van der Waals surface area contributed by atoms with Crippen LogP contribution in [0.5, 0.6) is 0 Å². The summed E-state index contributed by atoms with van der Waals surface area (Å²) < 4.78 is 0. The van der Waals surface area contributed by atoms with Crippen molar-refractivity contribution in [3.63, 3.8) is 0 Å². The first-order chi connectivity index (χ1) is 6.75. The number of aryl methyl sites for hydroxylation is 1. The number of hydrogen-bond acceptors (Lipinski definition) is 5. The summed E-state index contributed by atoms with van der Waals surface area (Å²) in [5.41, 5.74) is 0.248. The molecule has 2 N–H and O–H groups in total. The second-order valence-electron chi connectivity index (χ2n) is 2.59. The van der Waals surface area contributed by atoms with E-state index in [1.807, 2.05) is 6.92 Å². The Kier molecular flexibility index (Phi) is 2.23. The van der Waals surface area contributed by atoms with E-state index in [1.165, 1.54) is 17.5 Å². The van der Waals surface area contributed by atoms with E-state index in [-0.39, 0.29) is 11.6 Å².